The van der Waals surface area contributed by atoms with Gasteiger partial charge in [-0.2, -0.15) is 0 Å². The van der Waals surface area contributed by atoms with Crippen LogP contribution in [0.25, 0.3) is 0 Å². The van der Waals surface area contributed by atoms with E-state index >= 15 is 0 Å². The molecule has 3 nitrogen and oxygen atoms in total. The fraction of sp³-hybridized carbons (Fsp3) is 0.625. The summed E-state index contributed by atoms with van der Waals surface area (Å²) in [6.07, 6.45) is 6.53. The van der Waals surface area contributed by atoms with Gasteiger partial charge in [-0.1, -0.05) is 39.2 Å². The maximum Gasteiger partial charge on any atom is 0.217 e. The minimum Gasteiger partial charge on any atom is -0.351 e. The molecule has 1 N–H and O–H groups in total. The molecule has 19 heavy (non-hydrogen) atoms. The van der Waals surface area contributed by atoms with E-state index in [0.29, 0.717) is 12.5 Å². The second kappa shape index (κ2) is 8.68. The Labute approximate surface area is 116 Å². The molecule has 106 valence electrons. The molecule has 0 spiro atoms. The molecule has 0 aromatic carbocycles. The van der Waals surface area contributed by atoms with E-state index in [4.69, 9.17) is 0 Å². The molecule has 0 aliphatic heterocycles. The van der Waals surface area contributed by atoms with E-state index < -0.39 is 0 Å². The maximum atomic E-state index is 10.9. The number of hydrogen-bond acceptors (Lipinski definition) is 2. The van der Waals surface area contributed by atoms with Crippen LogP contribution in [-0.2, 0) is 11.3 Å². The topological polar surface area (TPSA) is 42.0 Å². The number of nitrogens with one attached hydrogen (secondary N) is 1. The quantitative estimate of drug-likeness (QED) is 0.900. The smallest absolute Gasteiger partial charge is 0.217 e. The van der Waals surface area contributed by atoms with E-state index in [1.54, 1.807) is 0 Å². The average Bonchev–Trinajstić information content (AvgIpc) is 2.48. The van der Waals surface area contributed by atoms with Gasteiger partial charge in [-0.25, -0.2) is 0 Å². The Morgan fingerprint density at radius 1 is 1.26 bits per heavy atom. The van der Waals surface area contributed by atoms with Crippen LogP contribution in [0, 0.1) is 0 Å². The van der Waals surface area contributed by atoms with Gasteiger partial charge in [0.1, 0.15) is 0 Å². The summed E-state index contributed by atoms with van der Waals surface area (Å²) < 4.78 is 0. The van der Waals surface area contributed by atoms with Crippen molar-refractivity contribution in [3.63, 3.8) is 0 Å². The van der Waals surface area contributed by atoms with Gasteiger partial charge in [-0.15, -0.1) is 0 Å². The third kappa shape index (κ3) is 5.41. The second-order valence-corrected chi connectivity index (χ2v) is 4.80. The SMILES string of the molecule is CC.CC(=O)NCc1cccc(C2CCCCC2)n1. The van der Waals surface area contributed by atoms with Crippen LogP contribution in [0.4, 0.5) is 0 Å². The fourth-order valence-corrected chi connectivity index (χ4v) is 2.44. The van der Waals surface area contributed by atoms with Crippen molar-refractivity contribution < 1.29 is 4.79 Å². The summed E-state index contributed by atoms with van der Waals surface area (Å²) in [5.41, 5.74) is 2.16. The van der Waals surface area contributed by atoms with Crippen molar-refractivity contribution in [1.29, 1.82) is 0 Å². The summed E-state index contributed by atoms with van der Waals surface area (Å²) in [7, 11) is 0. The van der Waals surface area contributed by atoms with Gasteiger partial charge in [0.05, 0.1) is 12.2 Å². The van der Waals surface area contributed by atoms with E-state index in [-0.39, 0.29) is 5.91 Å². The van der Waals surface area contributed by atoms with Crippen LogP contribution >= 0.6 is 0 Å². The van der Waals surface area contributed by atoms with Crippen LogP contribution in [-0.4, -0.2) is 10.9 Å². The predicted molar refractivity (Wildman–Crippen MR) is 78.9 cm³/mol. The normalized spacial score (nSPS) is 15.3. The molecule has 1 aliphatic carbocycles. The molecule has 1 aliphatic rings. The van der Waals surface area contributed by atoms with Crippen molar-refractivity contribution in [2.75, 3.05) is 0 Å². The summed E-state index contributed by atoms with van der Waals surface area (Å²) in [5.74, 6) is 0.621. The molecule has 1 heterocycles. The third-order valence-electron chi connectivity index (χ3n) is 3.37. The highest BCUT2D eigenvalue weighted by Gasteiger charge is 2.16. The summed E-state index contributed by atoms with van der Waals surface area (Å²) in [4.78, 5) is 15.5. The van der Waals surface area contributed by atoms with E-state index in [1.165, 1.54) is 44.7 Å². The standard InChI is InChI=1S/C14H20N2O.C2H6/c1-11(17)15-10-13-8-5-9-14(16-13)12-6-3-2-4-7-12;1-2/h5,8-9,12H,2-4,6-7,10H2,1H3,(H,15,17);1-2H3. The van der Waals surface area contributed by atoms with Crippen molar-refractivity contribution in [3.8, 4) is 0 Å². The predicted octanol–water partition coefficient (Wildman–Crippen LogP) is 3.79. The monoisotopic (exact) mass is 262 g/mol. The first-order valence-electron chi connectivity index (χ1n) is 7.46. The molecule has 0 atom stereocenters. The number of pyridine rings is 1. The first-order chi connectivity index (χ1) is 9.25. The van der Waals surface area contributed by atoms with Gasteiger partial charge < -0.3 is 5.32 Å². The largest absolute Gasteiger partial charge is 0.351 e. The van der Waals surface area contributed by atoms with Crippen molar-refractivity contribution in [2.45, 2.75) is 65.3 Å². The first kappa shape index (κ1) is 15.7. The van der Waals surface area contributed by atoms with Gasteiger partial charge in [0.15, 0.2) is 0 Å². The number of aromatic nitrogens is 1. The van der Waals surface area contributed by atoms with Crippen LogP contribution in [0.2, 0.25) is 0 Å². The number of rotatable bonds is 3. The second-order valence-electron chi connectivity index (χ2n) is 4.80. The highest BCUT2D eigenvalue weighted by atomic mass is 16.1. The molecular weight excluding hydrogens is 236 g/mol. The lowest BCUT2D eigenvalue weighted by Gasteiger charge is -2.21. The Hall–Kier alpha value is -1.38. The average molecular weight is 262 g/mol. The Morgan fingerprint density at radius 2 is 1.95 bits per heavy atom. The van der Waals surface area contributed by atoms with Gasteiger partial charge in [-0.3, -0.25) is 9.78 Å². The molecule has 1 aromatic rings. The molecule has 0 unspecified atom stereocenters. The van der Waals surface area contributed by atoms with Crippen LogP contribution in [0.1, 0.15) is 70.2 Å². The lowest BCUT2D eigenvalue weighted by Crippen LogP contribution is -2.20. The van der Waals surface area contributed by atoms with Crippen molar-refractivity contribution >= 4 is 5.91 Å². The molecule has 1 amide bonds. The zero-order valence-electron chi connectivity index (χ0n) is 12.4. The lowest BCUT2D eigenvalue weighted by molar-refractivity contribution is -0.119. The van der Waals surface area contributed by atoms with Crippen molar-refractivity contribution in [2.24, 2.45) is 0 Å². The zero-order valence-corrected chi connectivity index (χ0v) is 12.4. The first-order valence-corrected chi connectivity index (χ1v) is 7.46. The van der Waals surface area contributed by atoms with Crippen molar-refractivity contribution in [3.05, 3.63) is 29.6 Å². The molecule has 0 bridgehead atoms. The van der Waals surface area contributed by atoms with Gasteiger partial charge in [-0.05, 0) is 25.0 Å². The number of carbonyl (C=O) groups excluding carboxylic acids is 1. The lowest BCUT2D eigenvalue weighted by atomic mass is 9.86. The van der Waals surface area contributed by atoms with E-state index in [0.717, 1.165) is 5.69 Å². The van der Waals surface area contributed by atoms with Crippen LogP contribution in [0.3, 0.4) is 0 Å². The molecular formula is C16H26N2O. The summed E-state index contributed by atoms with van der Waals surface area (Å²) in [6, 6.07) is 6.14. The van der Waals surface area contributed by atoms with Gasteiger partial charge in [0.25, 0.3) is 0 Å². The molecule has 2 rings (SSSR count). The minimum atomic E-state index is -0.00475. The molecule has 1 fully saturated rings. The Bertz CT molecular complexity index is 384. The molecule has 0 saturated heterocycles. The van der Waals surface area contributed by atoms with Crippen LogP contribution in [0.5, 0.6) is 0 Å². The van der Waals surface area contributed by atoms with E-state index in [9.17, 15) is 4.79 Å². The summed E-state index contributed by atoms with van der Waals surface area (Å²) in [5, 5.41) is 2.79. The molecule has 3 heteroatoms. The van der Waals surface area contributed by atoms with E-state index in [1.807, 2.05) is 26.0 Å². The van der Waals surface area contributed by atoms with Gasteiger partial charge in [0, 0.05) is 18.5 Å². The highest BCUT2D eigenvalue weighted by molar-refractivity contribution is 5.72. The fourth-order valence-electron chi connectivity index (χ4n) is 2.44. The Kier molecular flexibility index (Phi) is 7.16. The number of nitrogens with zero attached hydrogens (tertiary/aromatic N) is 1. The molecule has 1 aromatic heterocycles. The van der Waals surface area contributed by atoms with Gasteiger partial charge >= 0.3 is 0 Å². The highest BCUT2D eigenvalue weighted by Crippen LogP contribution is 2.31. The van der Waals surface area contributed by atoms with E-state index in [2.05, 4.69) is 16.4 Å². The Balaban J connectivity index is 0.000000861. The maximum absolute atomic E-state index is 10.9. The van der Waals surface area contributed by atoms with Gasteiger partial charge in [0.2, 0.25) is 5.91 Å². The number of carbonyl (C=O) groups is 1. The number of hydrogen-bond donors (Lipinski definition) is 1. The van der Waals surface area contributed by atoms with Crippen LogP contribution < -0.4 is 5.32 Å². The minimum absolute atomic E-state index is 0.00475. The zero-order chi connectivity index (χ0) is 14.1. The third-order valence-corrected chi connectivity index (χ3v) is 3.37. The molecule has 0 radical (unpaired) electrons. The summed E-state index contributed by atoms with van der Waals surface area (Å²) in [6.45, 7) is 6.07. The molecule has 1 saturated carbocycles. The Morgan fingerprint density at radius 3 is 2.58 bits per heavy atom. The van der Waals surface area contributed by atoms with Crippen LogP contribution in [0.15, 0.2) is 18.2 Å². The summed E-state index contributed by atoms with van der Waals surface area (Å²) >= 11 is 0. The number of amides is 1. The van der Waals surface area contributed by atoms with Crippen molar-refractivity contribution in [1.82, 2.24) is 10.3 Å².